The van der Waals surface area contributed by atoms with Crippen LogP contribution < -0.4 is 11.1 Å². The van der Waals surface area contributed by atoms with E-state index in [4.69, 9.17) is 5.73 Å². The summed E-state index contributed by atoms with van der Waals surface area (Å²) in [7, 11) is 0. The van der Waals surface area contributed by atoms with Crippen LogP contribution in [0.4, 0.5) is 5.82 Å². The number of hydrogen-bond donors (Lipinski definition) is 2. The molecule has 0 fully saturated rings. The van der Waals surface area contributed by atoms with Gasteiger partial charge in [0.1, 0.15) is 11.5 Å². The van der Waals surface area contributed by atoms with Gasteiger partial charge in [0.15, 0.2) is 0 Å². The lowest BCUT2D eigenvalue weighted by molar-refractivity contribution is 0.0946. The van der Waals surface area contributed by atoms with Gasteiger partial charge in [0.2, 0.25) is 0 Å². The number of nitrogens with zero attached hydrogens (tertiary/aromatic N) is 2. The SMILES string of the molecule is Cc1ncc(CNC(=O)c2cccc(N)n2)s1. The fourth-order valence-electron chi connectivity index (χ4n) is 1.32. The first kappa shape index (κ1) is 11.5. The Morgan fingerprint density at radius 3 is 3.00 bits per heavy atom. The highest BCUT2D eigenvalue weighted by Gasteiger charge is 2.07. The van der Waals surface area contributed by atoms with Crippen molar-refractivity contribution >= 4 is 23.1 Å². The van der Waals surface area contributed by atoms with Gasteiger partial charge >= 0.3 is 0 Å². The first-order valence-electron chi connectivity index (χ1n) is 5.07. The van der Waals surface area contributed by atoms with Crippen LogP contribution in [0.25, 0.3) is 0 Å². The molecule has 2 heterocycles. The monoisotopic (exact) mass is 248 g/mol. The van der Waals surface area contributed by atoms with E-state index in [0.29, 0.717) is 18.1 Å². The van der Waals surface area contributed by atoms with Crippen LogP contribution in [0, 0.1) is 6.92 Å². The van der Waals surface area contributed by atoms with E-state index in [1.165, 1.54) is 0 Å². The van der Waals surface area contributed by atoms with Gasteiger partial charge in [0, 0.05) is 11.1 Å². The van der Waals surface area contributed by atoms with E-state index in [1.54, 1.807) is 35.7 Å². The van der Waals surface area contributed by atoms with Crippen LogP contribution >= 0.6 is 11.3 Å². The number of aryl methyl sites for hydroxylation is 1. The minimum Gasteiger partial charge on any atom is -0.384 e. The second-order valence-electron chi connectivity index (χ2n) is 3.48. The summed E-state index contributed by atoms with van der Waals surface area (Å²) < 4.78 is 0. The molecule has 0 aromatic carbocycles. The number of nitrogen functional groups attached to an aromatic ring is 1. The highest BCUT2D eigenvalue weighted by atomic mass is 32.1. The average Bonchev–Trinajstić information content (AvgIpc) is 2.72. The Hall–Kier alpha value is -1.95. The number of carbonyl (C=O) groups is 1. The molecule has 17 heavy (non-hydrogen) atoms. The summed E-state index contributed by atoms with van der Waals surface area (Å²) in [6, 6.07) is 4.97. The van der Waals surface area contributed by atoms with Gasteiger partial charge in [-0.25, -0.2) is 9.97 Å². The maximum absolute atomic E-state index is 11.7. The zero-order valence-corrected chi connectivity index (χ0v) is 10.1. The van der Waals surface area contributed by atoms with E-state index in [0.717, 1.165) is 9.88 Å². The fraction of sp³-hybridized carbons (Fsp3) is 0.182. The molecule has 0 aliphatic carbocycles. The molecule has 88 valence electrons. The molecule has 1 amide bonds. The number of thiazole rings is 1. The van der Waals surface area contributed by atoms with Crippen molar-refractivity contribution in [2.75, 3.05) is 5.73 Å². The quantitative estimate of drug-likeness (QED) is 0.859. The molecule has 0 radical (unpaired) electrons. The molecular weight excluding hydrogens is 236 g/mol. The predicted octanol–water partition coefficient (Wildman–Crippen LogP) is 1.36. The standard InChI is InChI=1S/C11H12N4OS/c1-7-13-5-8(17-7)6-14-11(16)9-3-2-4-10(12)15-9/h2-5H,6H2,1H3,(H2,12,15)(H,14,16). The first-order chi connectivity index (χ1) is 8.15. The van der Waals surface area contributed by atoms with Crippen LogP contribution in [0.1, 0.15) is 20.4 Å². The van der Waals surface area contributed by atoms with Crippen molar-refractivity contribution in [1.29, 1.82) is 0 Å². The lowest BCUT2D eigenvalue weighted by atomic mass is 10.3. The molecule has 6 heteroatoms. The number of nitrogens with one attached hydrogen (secondary N) is 1. The van der Waals surface area contributed by atoms with E-state index in [1.807, 2.05) is 6.92 Å². The zero-order chi connectivity index (χ0) is 12.3. The minimum absolute atomic E-state index is 0.233. The van der Waals surface area contributed by atoms with Crippen molar-refractivity contribution in [3.05, 3.63) is 40.0 Å². The molecule has 0 saturated heterocycles. The van der Waals surface area contributed by atoms with Gasteiger partial charge in [0.05, 0.1) is 11.6 Å². The minimum atomic E-state index is -0.233. The second kappa shape index (κ2) is 4.92. The number of amides is 1. The lowest BCUT2D eigenvalue weighted by Crippen LogP contribution is -2.23. The van der Waals surface area contributed by atoms with Crippen molar-refractivity contribution < 1.29 is 4.79 Å². The molecule has 2 aromatic rings. The molecule has 0 spiro atoms. The summed E-state index contributed by atoms with van der Waals surface area (Å²) in [4.78, 5) is 20.8. The third kappa shape index (κ3) is 3.01. The molecule has 0 aliphatic rings. The summed E-state index contributed by atoms with van der Waals surface area (Å²) in [5, 5.41) is 3.75. The largest absolute Gasteiger partial charge is 0.384 e. The van der Waals surface area contributed by atoms with Crippen LogP contribution in [-0.4, -0.2) is 15.9 Å². The Kier molecular flexibility index (Phi) is 3.34. The summed E-state index contributed by atoms with van der Waals surface area (Å²) >= 11 is 1.56. The number of nitrogens with two attached hydrogens (primary N) is 1. The number of carbonyl (C=O) groups excluding carboxylic acids is 1. The van der Waals surface area contributed by atoms with Crippen molar-refractivity contribution in [3.63, 3.8) is 0 Å². The van der Waals surface area contributed by atoms with Crippen LogP contribution in [0.5, 0.6) is 0 Å². The highest BCUT2D eigenvalue weighted by molar-refractivity contribution is 7.11. The molecule has 0 unspecified atom stereocenters. The number of aromatic nitrogens is 2. The van der Waals surface area contributed by atoms with Crippen molar-refractivity contribution in [3.8, 4) is 0 Å². The van der Waals surface area contributed by atoms with Crippen molar-refractivity contribution in [1.82, 2.24) is 15.3 Å². The summed E-state index contributed by atoms with van der Waals surface area (Å²) in [6.45, 7) is 2.39. The van der Waals surface area contributed by atoms with Crippen LogP contribution in [0.2, 0.25) is 0 Å². The first-order valence-corrected chi connectivity index (χ1v) is 5.89. The summed E-state index contributed by atoms with van der Waals surface area (Å²) in [5.41, 5.74) is 5.83. The van der Waals surface area contributed by atoms with E-state index in [-0.39, 0.29) is 5.91 Å². The normalized spacial score (nSPS) is 10.2. The zero-order valence-electron chi connectivity index (χ0n) is 9.30. The molecular formula is C11H12N4OS. The summed E-state index contributed by atoms with van der Waals surface area (Å²) in [5.74, 6) is 0.106. The Morgan fingerprint density at radius 2 is 2.35 bits per heavy atom. The molecule has 2 rings (SSSR count). The van der Waals surface area contributed by atoms with E-state index >= 15 is 0 Å². The Bertz CT molecular complexity index is 538. The number of pyridine rings is 1. The van der Waals surface area contributed by atoms with E-state index < -0.39 is 0 Å². The molecule has 0 bridgehead atoms. The molecule has 3 N–H and O–H groups in total. The molecule has 0 saturated carbocycles. The molecule has 5 nitrogen and oxygen atoms in total. The van der Waals surface area contributed by atoms with Crippen LogP contribution in [-0.2, 0) is 6.54 Å². The van der Waals surface area contributed by atoms with Gasteiger partial charge in [-0.15, -0.1) is 11.3 Å². The van der Waals surface area contributed by atoms with Gasteiger partial charge in [-0.2, -0.15) is 0 Å². The van der Waals surface area contributed by atoms with Crippen molar-refractivity contribution in [2.45, 2.75) is 13.5 Å². The lowest BCUT2D eigenvalue weighted by Gasteiger charge is -2.02. The van der Waals surface area contributed by atoms with Gasteiger partial charge in [-0.05, 0) is 19.1 Å². The summed E-state index contributed by atoms with van der Waals surface area (Å²) in [6.07, 6.45) is 1.76. The highest BCUT2D eigenvalue weighted by Crippen LogP contribution is 2.11. The molecule has 0 aliphatic heterocycles. The maximum atomic E-state index is 11.7. The maximum Gasteiger partial charge on any atom is 0.270 e. The van der Waals surface area contributed by atoms with Crippen LogP contribution in [0.15, 0.2) is 24.4 Å². The Labute approximate surface area is 103 Å². The topological polar surface area (TPSA) is 80.9 Å². The third-order valence-corrected chi connectivity index (χ3v) is 3.01. The van der Waals surface area contributed by atoms with Crippen molar-refractivity contribution in [2.24, 2.45) is 0 Å². The Morgan fingerprint density at radius 1 is 1.53 bits per heavy atom. The number of rotatable bonds is 3. The van der Waals surface area contributed by atoms with Gasteiger partial charge in [-0.1, -0.05) is 6.07 Å². The second-order valence-corrected chi connectivity index (χ2v) is 4.80. The number of hydrogen-bond acceptors (Lipinski definition) is 5. The predicted molar refractivity (Wildman–Crippen MR) is 66.7 cm³/mol. The smallest absolute Gasteiger partial charge is 0.270 e. The average molecular weight is 248 g/mol. The third-order valence-electron chi connectivity index (χ3n) is 2.10. The Balaban J connectivity index is 1.98. The molecule has 0 atom stereocenters. The van der Waals surface area contributed by atoms with Crippen LogP contribution in [0.3, 0.4) is 0 Å². The fourth-order valence-corrected chi connectivity index (χ4v) is 2.06. The van der Waals surface area contributed by atoms with Gasteiger partial charge in [0.25, 0.3) is 5.91 Å². The van der Waals surface area contributed by atoms with Gasteiger partial charge < -0.3 is 11.1 Å². The van der Waals surface area contributed by atoms with Gasteiger partial charge in [-0.3, -0.25) is 4.79 Å². The molecule has 2 aromatic heterocycles. The van der Waals surface area contributed by atoms with E-state index in [9.17, 15) is 4.79 Å². The number of anilines is 1. The van der Waals surface area contributed by atoms with E-state index in [2.05, 4.69) is 15.3 Å².